The topological polar surface area (TPSA) is 87.2 Å². The summed E-state index contributed by atoms with van der Waals surface area (Å²) in [6.07, 6.45) is 6.79. The molecule has 4 atom stereocenters. The molecule has 8 nitrogen and oxygen atoms in total. The van der Waals surface area contributed by atoms with Crippen LogP contribution in [0.15, 0.2) is 34.9 Å². The molecule has 0 radical (unpaired) electrons. The van der Waals surface area contributed by atoms with E-state index in [1.165, 1.54) is 9.80 Å². The molecular formula is C23H27Cl2N3O5. The van der Waals surface area contributed by atoms with Gasteiger partial charge in [-0.2, -0.15) is 0 Å². The highest BCUT2D eigenvalue weighted by atomic mass is 35.5. The lowest BCUT2D eigenvalue weighted by Gasteiger charge is -2.30. The van der Waals surface area contributed by atoms with Crippen molar-refractivity contribution in [3.05, 3.63) is 34.9 Å². The number of nitrogens with zero attached hydrogens (tertiary/aromatic N) is 3. The van der Waals surface area contributed by atoms with Crippen LogP contribution in [-0.2, 0) is 23.9 Å². The zero-order chi connectivity index (χ0) is 23.7. The number of allylic oxidation sites excluding steroid dienone is 4. The number of likely N-dealkylation sites (tertiary alicyclic amines) is 2. The first-order chi connectivity index (χ1) is 15.8. The van der Waals surface area contributed by atoms with E-state index in [1.807, 2.05) is 0 Å². The van der Waals surface area contributed by atoms with Gasteiger partial charge in [0.1, 0.15) is 0 Å². The van der Waals surface area contributed by atoms with Crippen LogP contribution >= 0.6 is 23.2 Å². The SMILES string of the molecule is C=CCOCCN(CN1C(=O)[C@H]2CC(Cl)=CC[C@H]2C1=O)CN1C(=O)[C@H]2CC(Cl)=CC[C@H]2C1=O. The minimum absolute atomic E-state index is 0.0227. The van der Waals surface area contributed by atoms with Crippen molar-refractivity contribution < 1.29 is 23.9 Å². The Morgan fingerprint density at radius 1 is 0.879 bits per heavy atom. The Morgan fingerprint density at radius 3 is 1.79 bits per heavy atom. The van der Waals surface area contributed by atoms with Gasteiger partial charge in [0.05, 0.1) is 50.2 Å². The quantitative estimate of drug-likeness (QED) is 0.277. The average Bonchev–Trinajstić information content (AvgIpc) is 3.16. The highest BCUT2D eigenvalue weighted by Crippen LogP contribution is 2.40. The maximum atomic E-state index is 13.0. The van der Waals surface area contributed by atoms with Gasteiger partial charge in [0.2, 0.25) is 23.6 Å². The minimum Gasteiger partial charge on any atom is -0.376 e. The first kappa shape index (κ1) is 24.1. The summed E-state index contributed by atoms with van der Waals surface area (Å²) in [5.74, 6) is -2.76. The summed E-state index contributed by atoms with van der Waals surface area (Å²) in [6.45, 7) is 4.53. The molecule has 2 saturated heterocycles. The molecule has 0 bridgehead atoms. The second-order valence-corrected chi connectivity index (χ2v) is 9.83. The van der Waals surface area contributed by atoms with E-state index in [9.17, 15) is 19.2 Å². The van der Waals surface area contributed by atoms with Gasteiger partial charge in [0, 0.05) is 16.6 Å². The zero-order valence-electron chi connectivity index (χ0n) is 18.3. The molecule has 178 valence electrons. The molecule has 0 saturated carbocycles. The van der Waals surface area contributed by atoms with Crippen molar-refractivity contribution in [3.8, 4) is 0 Å². The Balaban J connectivity index is 1.47. The van der Waals surface area contributed by atoms with E-state index in [-0.39, 0.29) is 37.0 Å². The molecule has 2 fully saturated rings. The molecule has 2 aliphatic heterocycles. The highest BCUT2D eigenvalue weighted by molar-refractivity contribution is 6.30. The van der Waals surface area contributed by atoms with Gasteiger partial charge in [-0.15, -0.1) is 6.58 Å². The van der Waals surface area contributed by atoms with Crippen molar-refractivity contribution in [3.63, 3.8) is 0 Å². The van der Waals surface area contributed by atoms with Gasteiger partial charge in [-0.3, -0.25) is 33.9 Å². The van der Waals surface area contributed by atoms with Crippen molar-refractivity contribution in [2.75, 3.05) is 33.1 Å². The first-order valence-electron chi connectivity index (χ1n) is 11.1. The molecule has 0 aromatic rings. The number of imide groups is 2. The van der Waals surface area contributed by atoms with Gasteiger partial charge < -0.3 is 4.74 Å². The smallest absolute Gasteiger partial charge is 0.234 e. The summed E-state index contributed by atoms with van der Waals surface area (Å²) in [6, 6.07) is 0. The van der Waals surface area contributed by atoms with Gasteiger partial charge in [0.25, 0.3) is 0 Å². The molecule has 33 heavy (non-hydrogen) atoms. The Morgan fingerprint density at radius 2 is 1.33 bits per heavy atom. The van der Waals surface area contributed by atoms with Gasteiger partial charge in [-0.05, 0) is 25.7 Å². The van der Waals surface area contributed by atoms with Crippen LogP contribution in [0, 0.1) is 23.7 Å². The molecule has 4 aliphatic rings. The predicted molar refractivity (Wildman–Crippen MR) is 121 cm³/mol. The second kappa shape index (κ2) is 10.1. The number of carbonyl (C=O) groups excluding carboxylic acids is 4. The molecule has 2 heterocycles. The molecule has 0 spiro atoms. The summed E-state index contributed by atoms with van der Waals surface area (Å²) in [7, 11) is 0. The lowest BCUT2D eigenvalue weighted by atomic mass is 9.85. The van der Waals surface area contributed by atoms with Gasteiger partial charge in [-0.1, -0.05) is 41.4 Å². The van der Waals surface area contributed by atoms with Crippen molar-refractivity contribution in [1.82, 2.24) is 14.7 Å². The number of hydrogen-bond acceptors (Lipinski definition) is 6. The molecular weight excluding hydrogens is 469 g/mol. The van der Waals surface area contributed by atoms with E-state index < -0.39 is 23.7 Å². The Hall–Kier alpha value is -2.00. The average molecular weight is 496 g/mol. The molecule has 0 aromatic carbocycles. The van der Waals surface area contributed by atoms with E-state index in [0.717, 1.165) is 0 Å². The van der Waals surface area contributed by atoms with Crippen molar-refractivity contribution in [1.29, 1.82) is 0 Å². The monoisotopic (exact) mass is 495 g/mol. The number of halogens is 2. The molecule has 0 aromatic heterocycles. The maximum Gasteiger partial charge on any atom is 0.234 e. The standard InChI is InChI=1S/C23H27Cl2N3O5/c1-2-8-33-9-7-26(12-27-20(29)16-5-3-14(24)10-18(16)22(27)31)13-28-21(30)17-6-4-15(25)11-19(17)23(28)32/h2-4,16-19H,1,5-13H2/t16-,17-,18+,19+/m1/s1. The van der Waals surface area contributed by atoms with Crippen LogP contribution in [-0.4, -0.2) is 71.4 Å². The van der Waals surface area contributed by atoms with Crippen molar-refractivity contribution in [2.24, 2.45) is 23.7 Å². The van der Waals surface area contributed by atoms with Crippen LogP contribution in [0.3, 0.4) is 0 Å². The van der Waals surface area contributed by atoms with Crippen molar-refractivity contribution in [2.45, 2.75) is 25.7 Å². The third-order valence-electron chi connectivity index (χ3n) is 6.79. The summed E-state index contributed by atoms with van der Waals surface area (Å²) in [4.78, 5) is 56.1. The highest BCUT2D eigenvalue weighted by Gasteiger charge is 2.51. The third kappa shape index (κ3) is 4.80. The van der Waals surface area contributed by atoms with Crippen LogP contribution in [0.25, 0.3) is 0 Å². The van der Waals surface area contributed by atoms with Gasteiger partial charge >= 0.3 is 0 Å². The van der Waals surface area contributed by atoms with E-state index in [4.69, 9.17) is 27.9 Å². The van der Waals surface area contributed by atoms with Crippen molar-refractivity contribution >= 4 is 46.8 Å². The Bertz CT molecular complexity index is 867. The summed E-state index contributed by atoms with van der Waals surface area (Å²) >= 11 is 12.2. The van der Waals surface area contributed by atoms with E-state index in [0.29, 0.717) is 55.5 Å². The fraction of sp³-hybridized carbons (Fsp3) is 0.565. The van der Waals surface area contributed by atoms with E-state index in [2.05, 4.69) is 6.58 Å². The molecule has 0 N–H and O–H groups in total. The van der Waals surface area contributed by atoms with Crippen LogP contribution < -0.4 is 0 Å². The summed E-state index contributed by atoms with van der Waals surface area (Å²) in [5, 5.41) is 1.19. The van der Waals surface area contributed by atoms with Crippen LogP contribution in [0.2, 0.25) is 0 Å². The van der Waals surface area contributed by atoms with Gasteiger partial charge in [0.15, 0.2) is 0 Å². The Labute approximate surface area is 202 Å². The Kier molecular flexibility index (Phi) is 7.38. The molecule has 4 amide bonds. The normalized spacial score (nSPS) is 29.4. The number of amides is 4. The second-order valence-electron chi connectivity index (χ2n) is 8.86. The van der Waals surface area contributed by atoms with Gasteiger partial charge in [-0.25, -0.2) is 0 Å². The van der Waals surface area contributed by atoms with Crippen LogP contribution in [0.5, 0.6) is 0 Å². The number of fused-ring (bicyclic) bond motifs is 2. The molecule has 0 unspecified atom stereocenters. The number of hydrogen-bond donors (Lipinski definition) is 0. The largest absolute Gasteiger partial charge is 0.376 e. The molecule has 10 heteroatoms. The van der Waals surface area contributed by atoms with E-state index in [1.54, 1.807) is 23.1 Å². The minimum atomic E-state index is -0.458. The van der Waals surface area contributed by atoms with E-state index >= 15 is 0 Å². The predicted octanol–water partition coefficient (Wildman–Crippen LogP) is 2.44. The first-order valence-corrected chi connectivity index (χ1v) is 11.9. The van der Waals surface area contributed by atoms with Crippen LogP contribution in [0.4, 0.5) is 0 Å². The maximum absolute atomic E-state index is 13.0. The number of ether oxygens (including phenoxy) is 1. The van der Waals surface area contributed by atoms with Crippen LogP contribution in [0.1, 0.15) is 25.7 Å². The molecule has 4 rings (SSSR count). The fourth-order valence-electron chi connectivity index (χ4n) is 5.02. The zero-order valence-corrected chi connectivity index (χ0v) is 19.8. The third-order valence-corrected chi connectivity index (χ3v) is 7.41. The molecule has 2 aliphatic carbocycles. The number of carbonyl (C=O) groups is 4. The lowest BCUT2D eigenvalue weighted by Crippen LogP contribution is -2.49. The summed E-state index contributed by atoms with van der Waals surface area (Å²) < 4.78 is 5.48. The fourth-order valence-corrected chi connectivity index (χ4v) is 5.53. The number of rotatable bonds is 9. The summed E-state index contributed by atoms with van der Waals surface area (Å²) in [5.41, 5.74) is 0. The lowest BCUT2D eigenvalue weighted by molar-refractivity contribution is -0.145.